The molecule has 0 bridgehead atoms. The Balaban J connectivity index is 1.81. The Labute approximate surface area is 105 Å². The second-order valence-corrected chi connectivity index (χ2v) is 4.15. The minimum atomic E-state index is -0.359. The van der Waals surface area contributed by atoms with Gasteiger partial charge in [0.25, 0.3) is 0 Å². The Morgan fingerprint density at radius 1 is 1.44 bits per heavy atom. The molecular formula is C13H14N2O3. The summed E-state index contributed by atoms with van der Waals surface area (Å²) in [5.74, 6) is 0. The van der Waals surface area contributed by atoms with Crippen molar-refractivity contribution in [1.82, 2.24) is 4.90 Å². The summed E-state index contributed by atoms with van der Waals surface area (Å²) in [7, 11) is 0. The molecule has 1 heterocycles. The number of amides is 1. The molecule has 0 saturated carbocycles. The summed E-state index contributed by atoms with van der Waals surface area (Å²) in [4.78, 5) is 27.0. The van der Waals surface area contributed by atoms with Gasteiger partial charge in [-0.3, -0.25) is 0 Å². The van der Waals surface area contributed by atoms with Crippen LogP contribution < -0.4 is 0 Å². The van der Waals surface area contributed by atoms with E-state index in [-0.39, 0.29) is 18.7 Å². The number of hydrogen-bond donors (Lipinski definition) is 0. The number of ether oxygens (including phenoxy) is 1. The highest BCUT2D eigenvalue weighted by atomic mass is 16.6. The molecule has 5 heteroatoms. The highest BCUT2D eigenvalue weighted by Crippen LogP contribution is 2.13. The molecule has 1 aromatic carbocycles. The van der Waals surface area contributed by atoms with Crippen LogP contribution in [0.3, 0.4) is 0 Å². The predicted molar refractivity (Wildman–Crippen MR) is 64.7 cm³/mol. The van der Waals surface area contributed by atoms with E-state index in [0.29, 0.717) is 19.5 Å². The predicted octanol–water partition coefficient (Wildman–Crippen LogP) is 1.73. The lowest BCUT2D eigenvalue weighted by atomic mass is 10.2. The lowest BCUT2D eigenvalue weighted by Gasteiger charge is -2.15. The number of likely N-dealkylation sites (tertiary alicyclic amines) is 1. The van der Waals surface area contributed by atoms with Crippen molar-refractivity contribution < 1.29 is 14.3 Å². The lowest BCUT2D eigenvalue weighted by molar-refractivity contribution is 0.104. The number of nitrogens with zero attached hydrogens (tertiary/aromatic N) is 2. The van der Waals surface area contributed by atoms with Gasteiger partial charge in [0.05, 0.1) is 6.04 Å². The maximum Gasteiger partial charge on any atom is 0.410 e. The largest absolute Gasteiger partial charge is 0.445 e. The molecule has 1 amide bonds. The van der Waals surface area contributed by atoms with Crippen LogP contribution >= 0.6 is 0 Å². The Morgan fingerprint density at radius 2 is 2.22 bits per heavy atom. The van der Waals surface area contributed by atoms with Crippen molar-refractivity contribution in [2.75, 3.05) is 13.1 Å². The van der Waals surface area contributed by atoms with E-state index in [9.17, 15) is 9.59 Å². The molecule has 0 aliphatic carbocycles. The number of aliphatic imine (C=N–C) groups is 1. The second kappa shape index (κ2) is 5.98. The van der Waals surface area contributed by atoms with E-state index < -0.39 is 0 Å². The van der Waals surface area contributed by atoms with E-state index in [1.54, 1.807) is 4.90 Å². The van der Waals surface area contributed by atoms with Crippen LogP contribution in [0.5, 0.6) is 0 Å². The molecule has 0 aromatic heterocycles. The summed E-state index contributed by atoms with van der Waals surface area (Å²) in [6, 6.07) is 9.37. The average molecular weight is 246 g/mol. The smallest absolute Gasteiger partial charge is 0.410 e. The SMILES string of the molecule is O=C=NC1CCN(C(=O)OCc2ccccc2)C1. The summed E-state index contributed by atoms with van der Waals surface area (Å²) < 4.78 is 5.19. The van der Waals surface area contributed by atoms with Gasteiger partial charge < -0.3 is 9.64 Å². The molecule has 0 N–H and O–H groups in total. The molecule has 1 atom stereocenters. The van der Waals surface area contributed by atoms with Crippen LogP contribution in [0.2, 0.25) is 0 Å². The quantitative estimate of drug-likeness (QED) is 0.603. The molecule has 1 unspecified atom stereocenters. The minimum absolute atomic E-state index is 0.133. The van der Waals surface area contributed by atoms with Crippen molar-refractivity contribution in [2.45, 2.75) is 19.1 Å². The van der Waals surface area contributed by atoms with Crippen LogP contribution in [0.1, 0.15) is 12.0 Å². The van der Waals surface area contributed by atoms with E-state index in [0.717, 1.165) is 5.56 Å². The highest BCUT2D eigenvalue weighted by Gasteiger charge is 2.26. The van der Waals surface area contributed by atoms with Gasteiger partial charge in [0, 0.05) is 13.1 Å². The Kier molecular flexibility index (Phi) is 4.10. The van der Waals surface area contributed by atoms with Gasteiger partial charge in [-0.05, 0) is 12.0 Å². The molecule has 1 aromatic rings. The summed E-state index contributed by atoms with van der Waals surface area (Å²) >= 11 is 0. The van der Waals surface area contributed by atoms with Gasteiger partial charge in [-0.25, -0.2) is 14.6 Å². The molecule has 2 rings (SSSR count). The zero-order valence-electron chi connectivity index (χ0n) is 9.91. The fourth-order valence-electron chi connectivity index (χ4n) is 1.90. The highest BCUT2D eigenvalue weighted by molar-refractivity contribution is 5.68. The minimum Gasteiger partial charge on any atom is -0.445 e. The van der Waals surface area contributed by atoms with E-state index in [1.165, 1.54) is 6.08 Å². The summed E-state index contributed by atoms with van der Waals surface area (Å²) in [6.45, 7) is 1.27. The van der Waals surface area contributed by atoms with Crippen molar-refractivity contribution >= 4 is 12.2 Å². The van der Waals surface area contributed by atoms with E-state index >= 15 is 0 Å². The first-order chi connectivity index (χ1) is 8.79. The standard InChI is InChI=1S/C13H14N2O3/c16-10-14-12-6-7-15(8-12)13(17)18-9-11-4-2-1-3-5-11/h1-5,12H,6-9H2. The van der Waals surface area contributed by atoms with Crippen LogP contribution in [0, 0.1) is 0 Å². The van der Waals surface area contributed by atoms with Crippen molar-refractivity contribution in [3.63, 3.8) is 0 Å². The van der Waals surface area contributed by atoms with E-state index in [4.69, 9.17) is 4.74 Å². The van der Waals surface area contributed by atoms with Gasteiger partial charge >= 0.3 is 6.09 Å². The number of benzene rings is 1. The van der Waals surface area contributed by atoms with Crippen LogP contribution in [0.15, 0.2) is 35.3 Å². The summed E-state index contributed by atoms with van der Waals surface area (Å²) in [6.07, 6.45) is 1.85. The monoisotopic (exact) mass is 246 g/mol. The summed E-state index contributed by atoms with van der Waals surface area (Å²) in [5.41, 5.74) is 0.951. The number of isocyanates is 1. The zero-order chi connectivity index (χ0) is 12.8. The van der Waals surface area contributed by atoms with Gasteiger partial charge in [0.2, 0.25) is 6.08 Å². The maximum atomic E-state index is 11.7. The molecule has 0 radical (unpaired) electrons. The number of rotatable bonds is 3. The normalized spacial score (nSPS) is 18.2. The third kappa shape index (κ3) is 3.18. The van der Waals surface area contributed by atoms with Crippen LogP contribution in [0.4, 0.5) is 4.79 Å². The average Bonchev–Trinajstić information content (AvgIpc) is 2.86. The Bertz CT molecular complexity index is 455. The topological polar surface area (TPSA) is 59.0 Å². The second-order valence-electron chi connectivity index (χ2n) is 4.15. The van der Waals surface area contributed by atoms with Crippen molar-refractivity contribution in [1.29, 1.82) is 0 Å². The Morgan fingerprint density at radius 3 is 2.94 bits per heavy atom. The molecule has 1 saturated heterocycles. The van der Waals surface area contributed by atoms with Gasteiger partial charge in [-0.2, -0.15) is 0 Å². The van der Waals surface area contributed by atoms with Crippen LogP contribution in [-0.4, -0.2) is 36.2 Å². The molecular weight excluding hydrogens is 232 g/mol. The van der Waals surface area contributed by atoms with Crippen LogP contribution in [-0.2, 0) is 16.1 Å². The third-order valence-electron chi connectivity index (χ3n) is 2.86. The molecule has 5 nitrogen and oxygen atoms in total. The van der Waals surface area contributed by atoms with Gasteiger partial charge in [-0.1, -0.05) is 30.3 Å². The molecule has 1 fully saturated rings. The van der Waals surface area contributed by atoms with Crippen molar-refractivity contribution in [2.24, 2.45) is 4.99 Å². The maximum absolute atomic E-state index is 11.7. The summed E-state index contributed by atoms with van der Waals surface area (Å²) in [5, 5.41) is 0. The van der Waals surface area contributed by atoms with Crippen LogP contribution in [0.25, 0.3) is 0 Å². The zero-order valence-corrected chi connectivity index (χ0v) is 9.91. The number of hydrogen-bond acceptors (Lipinski definition) is 4. The third-order valence-corrected chi connectivity index (χ3v) is 2.86. The van der Waals surface area contributed by atoms with Gasteiger partial charge in [-0.15, -0.1) is 0 Å². The molecule has 94 valence electrons. The first kappa shape index (κ1) is 12.3. The first-order valence-corrected chi connectivity index (χ1v) is 5.82. The van der Waals surface area contributed by atoms with Crippen molar-refractivity contribution in [3.8, 4) is 0 Å². The molecule has 0 spiro atoms. The fourth-order valence-corrected chi connectivity index (χ4v) is 1.90. The first-order valence-electron chi connectivity index (χ1n) is 5.82. The van der Waals surface area contributed by atoms with E-state index in [1.807, 2.05) is 30.3 Å². The fraction of sp³-hybridized carbons (Fsp3) is 0.385. The number of carbonyl (C=O) groups excluding carboxylic acids is 2. The number of carbonyl (C=O) groups is 1. The van der Waals surface area contributed by atoms with Gasteiger partial charge in [0.1, 0.15) is 6.61 Å². The molecule has 1 aliphatic heterocycles. The molecule has 1 aliphatic rings. The van der Waals surface area contributed by atoms with Crippen molar-refractivity contribution in [3.05, 3.63) is 35.9 Å². The molecule has 18 heavy (non-hydrogen) atoms. The lowest BCUT2D eigenvalue weighted by Crippen LogP contribution is -2.29. The Hall–Kier alpha value is -2.13. The van der Waals surface area contributed by atoms with E-state index in [2.05, 4.69) is 4.99 Å². The van der Waals surface area contributed by atoms with Gasteiger partial charge in [0.15, 0.2) is 0 Å².